The zero-order valence-electron chi connectivity index (χ0n) is 18.1. The van der Waals surface area contributed by atoms with Crippen LogP contribution in [0.4, 0.5) is 5.69 Å². The number of amides is 2. The predicted molar refractivity (Wildman–Crippen MR) is 119 cm³/mol. The van der Waals surface area contributed by atoms with Crippen molar-refractivity contribution in [3.05, 3.63) is 42.1 Å². The van der Waals surface area contributed by atoms with Crippen LogP contribution in [-0.2, 0) is 0 Å². The standard InChI is InChI=1S/C23H25N7O3/c24-16-4-3-14(31)7-15(16)20(32)29-8-22-5-1-2-6-23(22,9-29)11-30(10-22)21(33)18-17-19(27-12-25-17)28-13-26-18/h3-4,7,12-13,31H,1-2,5-6,8-11,24H2,(H,25,26,27,28). The quantitative estimate of drug-likeness (QED) is 0.402. The molecule has 3 aliphatic rings. The topological polar surface area (TPSA) is 141 Å². The molecule has 4 N–H and O–H groups in total. The highest BCUT2D eigenvalue weighted by atomic mass is 16.3. The number of carbonyl (C=O) groups excluding carboxylic acids is 2. The first kappa shape index (κ1) is 20.0. The van der Waals surface area contributed by atoms with E-state index in [1.165, 1.54) is 24.8 Å². The van der Waals surface area contributed by atoms with Crippen LogP contribution in [0.3, 0.4) is 0 Å². The van der Waals surface area contributed by atoms with Crippen LogP contribution in [0.1, 0.15) is 46.5 Å². The zero-order chi connectivity index (χ0) is 22.8. The van der Waals surface area contributed by atoms with Crippen molar-refractivity contribution < 1.29 is 14.7 Å². The monoisotopic (exact) mass is 447 g/mol. The first-order chi connectivity index (χ1) is 15.9. The van der Waals surface area contributed by atoms with E-state index in [9.17, 15) is 14.7 Å². The molecule has 2 aromatic heterocycles. The number of anilines is 1. The van der Waals surface area contributed by atoms with Gasteiger partial charge in [-0.05, 0) is 31.0 Å². The Hall–Kier alpha value is -3.69. The number of hydrogen-bond acceptors (Lipinski definition) is 7. The van der Waals surface area contributed by atoms with E-state index in [-0.39, 0.29) is 28.4 Å². The number of H-pyrrole nitrogens is 1. The number of benzene rings is 1. The fourth-order valence-electron chi connectivity index (χ4n) is 6.38. The van der Waals surface area contributed by atoms with Crippen LogP contribution in [-0.4, -0.2) is 72.8 Å². The number of nitrogens with two attached hydrogens (primary N) is 1. The summed E-state index contributed by atoms with van der Waals surface area (Å²) in [5.74, 6) is -0.268. The van der Waals surface area contributed by atoms with Gasteiger partial charge in [-0.25, -0.2) is 15.0 Å². The molecule has 6 rings (SSSR count). The number of nitrogens with one attached hydrogen (secondary N) is 1. The lowest BCUT2D eigenvalue weighted by Gasteiger charge is -2.41. The van der Waals surface area contributed by atoms with Crippen LogP contribution in [0, 0.1) is 10.8 Å². The van der Waals surface area contributed by atoms with Crippen molar-refractivity contribution in [2.24, 2.45) is 10.8 Å². The number of aromatic amines is 1. The number of carbonyl (C=O) groups is 2. The Morgan fingerprint density at radius 2 is 1.64 bits per heavy atom. The maximum atomic E-state index is 13.5. The van der Waals surface area contributed by atoms with Gasteiger partial charge in [0.05, 0.1) is 11.9 Å². The van der Waals surface area contributed by atoms with Crippen LogP contribution in [0.25, 0.3) is 11.2 Å². The molecule has 1 saturated carbocycles. The van der Waals surface area contributed by atoms with Crippen LogP contribution in [0.5, 0.6) is 5.75 Å². The van der Waals surface area contributed by atoms with E-state index < -0.39 is 0 Å². The number of hydrogen-bond donors (Lipinski definition) is 3. The number of fused-ring (bicyclic) bond motifs is 1. The lowest BCUT2D eigenvalue weighted by atomic mass is 9.60. The Labute approximate surface area is 189 Å². The molecule has 33 heavy (non-hydrogen) atoms. The Bertz CT molecular complexity index is 1270. The highest BCUT2D eigenvalue weighted by Crippen LogP contribution is 2.60. The number of phenolic OH excluding ortho intramolecular Hbond substituents is 1. The smallest absolute Gasteiger partial charge is 0.274 e. The summed E-state index contributed by atoms with van der Waals surface area (Å²) in [6.07, 6.45) is 7.00. The molecule has 170 valence electrons. The summed E-state index contributed by atoms with van der Waals surface area (Å²) < 4.78 is 0. The maximum absolute atomic E-state index is 13.5. The maximum Gasteiger partial charge on any atom is 0.274 e. The number of rotatable bonds is 2. The Balaban J connectivity index is 1.31. The van der Waals surface area contributed by atoms with Gasteiger partial charge < -0.3 is 25.6 Å². The van der Waals surface area contributed by atoms with Gasteiger partial charge in [-0.15, -0.1) is 0 Å². The average molecular weight is 447 g/mol. The van der Waals surface area contributed by atoms with Crippen molar-refractivity contribution in [2.75, 3.05) is 31.9 Å². The normalized spacial score (nSPS) is 26.4. The number of imidazole rings is 1. The summed E-state index contributed by atoms with van der Waals surface area (Å²) in [6.45, 7) is 2.33. The van der Waals surface area contributed by atoms with E-state index >= 15 is 0 Å². The molecular formula is C23H25N7O3. The van der Waals surface area contributed by atoms with Crippen molar-refractivity contribution in [3.8, 4) is 5.75 Å². The van der Waals surface area contributed by atoms with E-state index in [1.807, 2.05) is 9.80 Å². The third-order valence-electron chi connectivity index (χ3n) is 7.93. The van der Waals surface area contributed by atoms with Crippen LogP contribution < -0.4 is 5.73 Å². The second-order valence-corrected chi connectivity index (χ2v) is 9.69. The average Bonchev–Trinajstić information content (AvgIpc) is 3.49. The minimum atomic E-state index is -0.161. The van der Waals surface area contributed by atoms with Crippen LogP contribution in [0.2, 0.25) is 0 Å². The molecule has 3 fully saturated rings. The first-order valence-electron chi connectivity index (χ1n) is 11.2. The number of likely N-dealkylation sites (tertiary alicyclic amines) is 2. The molecule has 3 aromatic rings. The third kappa shape index (κ3) is 2.82. The van der Waals surface area contributed by atoms with Gasteiger partial charge in [0.1, 0.15) is 17.6 Å². The first-order valence-corrected chi connectivity index (χ1v) is 11.2. The molecule has 0 radical (unpaired) electrons. The summed E-state index contributed by atoms with van der Waals surface area (Å²) in [7, 11) is 0. The molecule has 10 nitrogen and oxygen atoms in total. The molecule has 0 bridgehead atoms. The number of aromatic hydroxyl groups is 1. The molecule has 10 heteroatoms. The molecule has 2 amide bonds. The molecule has 2 atom stereocenters. The molecule has 2 unspecified atom stereocenters. The minimum Gasteiger partial charge on any atom is -0.508 e. The van der Waals surface area contributed by atoms with Crippen molar-refractivity contribution in [3.63, 3.8) is 0 Å². The van der Waals surface area contributed by atoms with E-state index in [2.05, 4.69) is 19.9 Å². The lowest BCUT2D eigenvalue weighted by molar-refractivity contribution is 0.0707. The largest absolute Gasteiger partial charge is 0.508 e. The van der Waals surface area contributed by atoms with E-state index in [4.69, 9.17) is 5.73 Å². The SMILES string of the molecule is Nc1ccc(O)cc1C(=O)N1CC23CCCCC2(C1)CN(C(=O)c1ncnc2nc[nH]c12)C3. The predicted octanol–water partition coefficient (Wildman–Crippen LogP) is 1.80. The fourth-order valence-corrected chi connectivity index (χ4v) is 6.38. The summed E-state index contributed by atoms with van der Waals surface area (Å²) in [5, 5.41) is 9.87. The number of phenols is 1. The van der Waals surface area contributed by atoms with Gasteiger partial charge in [0, 0.05) is 42.7 Å². The Morgan fingerprint density at radius 1 is 0.970 bits per heavy atom. The van der Waals surface area contributed by atoms with Crippen LogP contribution in [0.15, 0.2) is 30.9 Å². The molecule has 2 aliphatic heterocycles. The van der Waals surface area contributed by atoms with E-state index in [1.54, 1.807) is 6.07 Å². The van der Waals surface area contributed by atoms with Gasteiger partial charge in [-0.3, -0.25) is 9.59 Å². The van der Waals surface area contributed by atoms with Gasteiger partial charge >= 0.3 is 0 Å². The fraction of sp³-hybridized carbons (Fsp3) is 0.435. The summed E-state index contributed by atoms with van der Waals surface area (Å²) in [4.78, 5) is 46.1. The van der Waals surface area contributed by atoms with Crippen molar-refractivity contribution in [2.45, 2.75) is 25.7 Å². The second kappa shape index (κ2) is 6.90. The van der Waals surface area contributed by atoms with Crippen LogP contribution >= 0.6 is 0 Å². The molecule has 1 aromatic carbocycles. The lowest BCUT2D eigenvalue weighted by Crippen LogP contribution is -2.42. The zero-order valence-corrected chi connectivity index (χ0v) is 18.1. The number of aromatic nitrogens is 4. The van der Waals surface area contributed by atoms with Crippen molar-refractivity contribution >= 4 is 28.7 Å². The molecule has 0 spiro atoms. The van der Waals surface area contributed by atoms with Crippen molar-refractivity contribution in [1.29, 1.82) is 0 Å². The molecule has 2 saturated heterocycles. The third-order valence-corrected chi connectivity index (χ3v) is 7.93. The van der Waals surface area contributed by atoms with Gasteiger partial charge in [0.15, 0.2) is 11.3 Å². The number of nitrogen functional groups attached to an aromatic ring is 1. The number of nitrogens with zero attached hydrogens (tertiary/aromatic N) is 5. The molecular weight excluding hydrogens is 422 g/mol. The van der Waals surface area contributed by atoms with E-state index in [0.717, 1.165) is 25.7 Å². The minimum absolute atomic E-state index is 0.0208. The summed E-state index contributed by atoms with van der Waals surface area (Å²) >= 11 is 0. The Morgan fingerprint density at radius 3 is 2.33 bits per heavy atom. The molecule has 4 heterocycles. The van der Waals surface area contributed by atoms with Gasteiger partial charge in [0.25, 0.3) is 11.8 Å². The summed E-state index contributed by atoms with van der Waals surface area (Å²) in [6, 6.07) is 4.47. The Kier molecular flexibility index (Phi) is 4.17. The van der Waals surface area contributed by atoms with Gasteiger partial charge in [-0.2, -0.15) is 0 Å². The highest BCUT2D eigenvalue weighted by molar-refractivity contribution is 6.02. The van der Waals surface area contributed by atoms with Gasteiger partial charge in [-0.1, -0.05) is 12.8 Å². The molecule has 1 aliphatic carbocycles. The summed E-state index contributed by atoms with van der Waals surface area (Å²) in [5.41, 5.74) is 7.79. The van der Waals surface area contributed by atoms with E-state index in [0.29, 0.717) is 54.3 Å². The highest BCUT2D eigenvalue weighted by Gasteiger charge is 2.64. The van der Waals surface area contributed by atoms with Crippen molar-refractivity contribution in [1.82, 2.24) is 29.7 Å². The van der Waals surface area contributed by atoms with Gasteiger partial charge in [0.2, 0.25) is 0 Å². The second-order valence-electron chi connectivity index (χ2n) is 9.69.